The van der Waals surface area contributed by atoms with Crippen molar-refractivity contribution in [1.82, 2.24) is 4.72 Å². The normalized spacial score (nSPS) is 14.7. The number of aromatic carboxylic acids is 1. The molecular weight excluding hydrogens is 301 g/mol. The minimum atomic E-state index is -4.00. The molecule has 8 heteroatoms. The summed E-state index contributed by atoms with van der Waals surface area (Å²) >= 11 is 0. The van der Waals surface area contributed by atoms with Crippen LogP contribution < -0.4 is 4.72 Å². The quantitative estimate of drug-likeness (QED) is 0.729. The largest absolute Gasteiger partial charge is 0.478 e. The van der Waals surface area contributed by atoms with Gasteiger partial charge in [-0.25, -0.2) is 22.3 Å². The highest BCUT2D eigenvalue weighted by Gasteiger charge is 2.24. The van der Waals surface area contributed by atoms with E-state index in [9.17, 15) is 17.6 Å². The van der Waals surface area contributed by atoms with Crippen LogP contribution in [0.4, 0.5) is 4.39 Å². The molecule has 2 atom stereocenters. The first-order valence-electron chi connectivity index (χ1n) is 6.26. The second kappa shape index (κ2) is 6.50. The SMILES string of the molecule is Cc1cc(S(=O)(=O)NC(C)C(C)CO)cc(C(=O)O)c1F. The Balaban J connectivity index is 3.24. The van der Waals surface area contributed by atoms with Gasteiger partial charge in [0.1, 0.15) is 5.82 Å². The monoisotopic (exact) mass is 319 g/mol. The van der Waals surface area contributed by atoms with Crippen molar-refractivity contribution in [2.45, 2.75) is 31.7 Å². The highest BCUT2D eigenvalue weighted by molar-refractivity contribution is 7.89. The average Bonchev–Trinajstić information content (AvgIpc) is 2.39. The zero-order chi connectivity index (χ0) is 16.4. The van der Waals surface area contributed by atoms with Crippen LogP contribution in [0.5, 0.6) is 0 Å². The molecule has 0 saturated heterocycles. The predicted molar refractivity (Wildman–Crippen MR) is 74.1 cm³/mol. The zero-order valence-corrected chi connectivity index (χ0v) is 12.7. The summed E-state index contributed by atoms with van der Waals surface area (Å²) in [6.07, 6.45) is 0. The van der Waals surface area contributed by atoms with Gasteiger partial charge in [-0.1, -0.05) is 6.92 Å². The molecule has 0 heterocycles. The van der Waals surface area contributed by atoms with Crippen molar-refractivity contribution >= 4 is 16.0 Å². The highest BCUT2D eigenvalue weighted by Crippen LogP contribution is 2.20. The number of aliphatic hydroxyl groups excluding tert-OH is 1. The molecule has 0 aliphatic carbocycles. The van der Waals surface area contributed by atoms with Crippen LogP contribution in [0.25, 0.3) is 0 Å². The van der Waals surface area contributed by atoms with Crippen LogP contribution in [0.1, 0.15) is 29.8 Å². The van der Waals surface area contributed by atoms with Gasteiger partial charge in [0.25, 0.3) is 0 Å². The number of nitrogens with one attached hydrogen (secondary N) is 1. The molecule has 0 saturated carbocycles. The van der Waals surface area contributed by atoms with E-state index in [1.165, 1.54) is 6.92 Å². The van der Waals surface area contributed by atoms with Crippen LogP contribution in [-0.2, 0) is 10.0 Å². The number of carbonyl (C=O) groups is 1. The summed E-state index contributed by atoms with van der Waals surface area (Å²) in [6.45, 7) is 4.33. The molecule has 0 aromatic heterocycles. The summed E-state index contributed by atoms with van der Waals surface area (Å²) < 4.78 is 40.4. The lowest BCUT2D eigenvalue weighted by Gasteiger charge is -2.19. The Kier molecular flexibility index (Phi) is 5.43. The third kappa shape index (κ3) is 3.99. The van der Waals surface area contributed by atoms with Gasteiger partial charge in [-0.3, -0.25) is 0 Å². The summed E-state index contributed by atoms with van der Waals surface area (Å²) in [7, 11) is -4.00. The number of hydrogen-bond acceptors (Lipinski definition) is 4. The van der Waals surface area contributed by atoms with Crippen molar-refractivity contribution in [3.8, 4) is 0 Å². The first-order valence-corrected chi connectivity index (χ1v) is 7.75. The molecule has 6 nitrogen and oxygen atoms in total. The number of sulfonamides is 1. The number of aryl methyl sites for hydroxylation is 1. The van der Waals surface area contributed by atoms with Gasteiger partial charge >= 0.3 is 5.97 Å². The van der Waals surface area contributed by atoms with Crippen LogP contribution in [-0.4, -0.2) is 37.2 Å². The number of benzene rings is 1. The Morgan fingerprint density at radius 1 is 1.38 bits per heavy atom. The van der Waals surface area contributed by atoms with Crippen LogP contribution in [0.15, 0.2) is 17.0 Å². The fraction of sp³-hybridized carbons (Fsp3) is 0.462. The van der Waals surface area contributed by atoms with Gasteiger partial charge in [0.05, 0.1) is 10.5 Å². The molecule has 0 amide bonds. The molecule has 0 radical (unpaired) electrons. The van der Waals surface area contributed by atoms with Gasteiger partial charge in [-0.2, -0.15) is 0 Å². The van der Waals surface area contributed by atoms with Crippen molar-refractivity contribution in [1.29, 1.82) is 0 Å². The molecule has 21 heavy (non-hydrogen) atoms. The minimum Gasteiger partial charge on any atom is -0.478 e. The fourth-order valence-corrected chi connectivity index (χ4v) is 3.10. The van der Waals surface area contributed by atoms with Crippen LogP contribution in [0.2, 0.25) is 0 Å². The molecule has 118 valence electrons. The van der Waals surface area contributed by atoms with Gasteiger partial charge in [0, 0.05) is 12.6 Å². The summed E-state index contributed by atoms with van der Waals surface area (Å²) in [6, 6.07) is 1.29. The Labute approximate surface area is 122 Å². The van der Waals surface area contributed by atoms with E-state index in [0.29, 0.717) is 0 Å². The van der Waals surface area contributed by atoms with E-state index in [0.717, 1.165) is 12.1 Å². The highest BCUT2D eigenvalue weighted by atomic mass is 32.2. The summed E-state index contributed by atoms with van der Waals surface area (Å²) in [4.78, 5) is 10.6. The van der Waals surface area contributed by atoms with E-state index < -0.39 is 33.4 Å². The average molecular weight is 319 g/mol. The molecule has 2 unspecified atom stereocenters. The second-order valence-electron chi connectivity index (χ2n) is 4.98. The molecule has 0 aliphatic rings. The van der Waals surface area contributed by atoms with E-state index in [1.54, 1.807) is 13.8 Å². The van der Waals surface area contributed by atoms with Crippen molar-refractivity contribution in [2.75, 3.05) is 6.61 Å². The molecule has 0 fully saturated rings. The van der Waals surface area contributed by atoms with Crippen molar-refractivity contribution in [2.24, 2.45) is 5.92 Å². The van der Waals surface area contributed by atoms with Gasteiger partial charge in [-0.05, 0) is 37.5 Å². The lowest BCUT2D eigenvalue weighted by molar-refractivity contribution is 0.0691. The number of halogens is 1. The number of rotatable bonds is 6. The molecule has 0 aliphatic heterocycles. The van der Waals surface area contributed by atoms with Crippen LogP contribution >= 0.6 is 0 Å². The maximum Gasteiger partial charge on any atom is 0.338 e. The van der Waals surface area contributed by atoms with Crippen molar-refractivity contribution < 1.29 is 27.8 Å². The predicted octanol–water partition coefficient (Wildman–Crippen LogP) is 1.13. The number of aliphatic hydroxyl groups is 1. The van der Waals surface area contributed by atoms with Gasteiger partial charge in [0.2, 0.25) is 10.0 Å². The van der Waals surface area contributed by atoms with Crippen molar-refractivity contribution in [3.63, 3.8) is 0 Å². The van der Waals surface area contributed by atoms with E-state index in [2.05, 4.69) is 4.72 Å². The van der Waals surface area contributed by atoms with Crippen LogP contribution in [0, 0.1) is 18.7 Å². The number of hydrogen-bond donors (Lipinski definition) is 3. The molecular formula is C13H18FNO5S. The Morgan fingerprint density at radius 2 is 1.95 bits per heavy atom. The van der Waals surface area contributed by atoms with E-state index >= 15 is 0 Å². The zero-order valence-electron chi connectivity index (χ0n) is 11.9. The Bertz CT molecular complexity index is 644. The van der Waals surface area contributed by atoms with Gasteiger partial charge < -0.3 is 10.2 Å². The van der Waals surface area contributed by atoms with Crippen LogP contribution in [0.3, 0.4) is 0 Å². The first-order chi connectivity index (χ1) is 9.60. The molecule has 1 aromatic rings. The molecule has 1 rings (SSSR count). The second-order valence-corrected chi connectivity index (χ2v) is 6.69. The number of carboxylic acids is 1. The maximum absolute atomic E-state index is 13.6. The van der Waals surface area contributed by atoms with Gasteiger partial charge in [-0.15, -0.1) is 0 Å². The molecule has 3 N–H and O–H groups in total. The third-order valence-electron chi connectivity index (χ3n) is 3.25. The maximum atomic E-state index is 13.6. The van der Waals surface area contributed by atoms with E-state index in [-0.39, 0.29) is 23.0 Å². The van der Waals surface area contributed by atoms with E-state index in [4.69, 9.17) is 10.2 Å². The lowest BCUT2D eigenvalue weighted by atomic mass is 10.1. The topological polar surface area (TPSA) is 104 Å². The minimum absolute atomic E-state index is 0.0712. The summed E-state index contributed by atoms with van der Waals surface area (Å²) in [5.74, 6) is -2.82. The summed E-state index contributed by atoms with van der Waals surface area (Å²) in [5.41, 5.74) is -0.767. The standard InChI is InChI=1S/C13H18FNO5S/c1-7-4-10(5-11(12(7)14)13(17)18)21(19,20)15-9(3)8(2)6-16/h4-5,8-9,15-16H,6H2,1-3H3,(H,17,18). The van der Waals surface area contributed by atoms with Crippen molar-refractivity contribution in [3.05, 3.63) is 29.1 Å². The summed E-state index contributed by atoms with van der Waals surface area (Å²) in [5, 5.41) is 17.9. The molecule has 1 aromatic carbocycles. The Morgan fingerprint density at radius 3 is 2.43 bits per heavy atom. The van der Waals surface area contributed by atoms with E-state index in [1.807, 2.05) is 0 Å². The molecule has 0 bridgehead atoms. The fourth-order valence-electron chi connectivity index (χ4n) is 1.63. The first kappa shape index (κ1) is 17.5. The molecule has 0 spiro atoms. The third-order valence-corrected chi connectivity index (χ3v) is 4.79. The van der Waals surface area contributed by atoms with Gasteiger partial charge in [0.15, 0.2) is 0 Å². The number of carboxylic acid groups (broad SMARTS) is 1. The smallest absolute Gasteiger partial charge is 0.338 e. The Hall–Kier alpha value is -1.51. The lowest BCUT2D eigenvalue weighted by Crippen LogP contribution is -2.38.